The molecule has 0 amide bonds. The molecule has 0 bridgehead atoms. The average Bonchev–Trinajstić information content (AvgIpc) is 2.40. The Morgan fingerprint density at radius 2 is 1.71 bits per heavy atom. The van der Waals surface area contributed by atoms with Gasteiger partial charge in [0.05, 0.1) is 0 Å². The van der Waals surface area contributed by atoms with E-state index in [1.54, 1.807) is 7.11 Å². The van der Waals surface area contributed by atoms with Gasteiger partial charge in [0, 0.05) is 18.5 Å². The number of nitrogens with zero attached hydrogens (tertiary/aromatic N) is 2. The van der Waals surface area contributed by atoms with E-state index in [1.165, 1.54) is 5.56 Å². The zero-order valence-electron chi connectivity index (χ0n) is 14.7. The van der Waals surface area contributed by atoms with E-state index in [0.29, 0.717) is 5.92 Å². The van der Waals surface area contributed by atoms with Gasteiger partial charge in [-0.25, -0.2) is 9.97 Å². The number of methoxy groups -OCH3 is 1. The van der Waals surface area contributed by atoms with Gasteiger partial charge in [-0.05, 0) is 65.1 Å². The van der Waals surface area contributed by atoms with Crippen molar-refractivity contribution in [3.8, 4) is 0 Å². The third-order valence-electron chi connectivity index (χ3n) is 3.80. The number of ether oxygens (including phenoxy) is 1. The van der Waals surface area contributed by atoms with E-state index in [2.05, 4.69) is 43.0 Å². The van der Waals surface area contributed by atoms with Crippen LogP contribution in [0.4, 0.5) is 0 Å². The topological polar surface area (TPSA) is 47.0 Å². The quantitative estimate of drug-likeness (QED) is 0.748. The highest BCUT2D eigenvalue weighted by Gasteiger charge is 2.24. The summed E-state index contributed by atoms with van der Waals surface area (Å²) in [4.78, 5) is 9.29. The smallest absolute Gasteiger partial charge is 0.160 e. The molecule has 0 aliphatic rings. The molecule has 1 rings (SSSR count). The van der Waals surface area contributed by atoms with Crippen LogP contribution in [-0.2, 0) is 16.8 Å². The third kappa shape index (κ3) is 5.36. The molecule has 0 fully saturated rings. The third-order valence-corrected chi connectivity index (χ3v) is 3.80. The first-order chi connectivity index (χ1) is 9.77. The van der Waals surface area contributed by atoms with Gasteiger partial charge in [0.2, 0.25) is 0 Å². The van der Waals surface area contributed by atoms with Crippen molar-refractivity contribution in [2.75, 3.05) is 20.2 Å². The second-order valence-corrected chi connectivity index (χ2v) is 6.61. The first-order valence-electron chi connectivity index (χ1n) is 7.88. The normalized spacial score (nSPS) is 12.2. The molecule has 0 atom stereocenters. The number of rotatable bonds is 8. The van der Waals surface area contributed by atoms with Crippen LogP contribution in [0.25, 0.3) is 0 Å². The van der Waals surface area contributed by atoms with Crippen LogP contribution in [0.3, 0.4) is 0 Å². The van der Waals surface area contributed by atoms with Crippen LogP contribution in [0.1, 0.15) is 56.9 Å². The van der Waals surface area contributed by atoms with Gasteiger partial charge in [-0.15, -0.1) is 0 Å². The summed E-state index contributed by atoms with van der Waals surface area (Å²) in [6, 6.07) is 0. The van der Waals surface area contributed by atoms with Gasteiger partial charge in [-0.2, -0.15) is 0 Å². The summed E-state index contributed by atoms with van der Waals surface area (Å²) in [5.74, 6) is 1.47. The predicted octanol–water partition coefficient (Wildman–Crippen LogP) is 3.15. The van der Waals surface area contributed by atoms with Gasteiger partial charge >= 0.3 is 0 Å². The molecule has 1 aromatic rings. The van der Waals surface area contributed by atoms with Gasteiger partial charge in [0.1, 0.15) is 5.60 Å². The zero-order chi connectivity index (χ0) is 16.0. The SMILES string of the molecule is COC(C)(C)c1nc(C)c(CCCNCC(C)C)c(C)n1. The first kappa shape index (κ1) is 18.1. The van der Waals surface area contributed by atoms with E-state index >= 15 is 0 Å². The van der Waals surface area contributed by atoms with Crippen LogP contribution >= 0.6 is 0 Å². The van der Waals surface area contributed by atoms with Crippen LogP contribution in [0.5, 0.6) is 0 Å². The summed E-state index contributed by atoms with van der Waals surface area (Å²) in [5.41, 5.74) is 2.99. The van der Waals surface area contributed by atoms with Gasteiger partial charge in [-0.1, -0.05) is 13.8 Å². The molecule has 0 spiro atoms. The molecule has 1 N–H and O–H groups in total. The Morgan fingerprint density at radius 1 is 1.14 bits per heavy atom. The molecule has 4 nitrogen and oxygen atoms in total. The predicted molar refractivity (Wildman–Crippen MR) is 87.6 cm³/mol. The molecule has 0 radical (unpaired) electrons. The minimum Gasteiger partial charge on any atom is -0.371 e. The van der Waals surface area contributed by atoms with E-state index in [0.717, 1.165) is 43.1 Å². The zero-order valence-corrected chi connectivity index (χ0v) is 14.7. The molecule has 120 valence electrons. The van der Waals surface area contributed by atoms with Crippen molar-refractivity contribution in [2.45, 2.75) is 60.0 Å². The maximum absolute atomic E-state index is 5.47. The number of aromatic nitrogens is 2. The van der Waals surface area contributed by atoms with Gasteiger partial charge in [0.15, 0.2) is 5.82 Å². The Balaban J connectivity index is 2.68. The monoisotopic (exact) mass is 293 g/mol. The fourth-order valence-electron chi connectivity index (χ4n) is 2.24. The van der Waals surface area contributed by atoms with Crippen molar-refractivity contribution < 1.29 is 4.74 Å². The lowest BCUT2D eigenvalue weighted by Crippen LogP contribution is -2.25. The Hall–Kier alpha value is -1.00. The highest BCUT2D eigenvalue weighted by Crippen LogP contribution is 2.22. The van der Waals surface area contributed by atoms with E-state index in [-0.39, 0.29) is 0 Å². The Bertz CT molecular complexity index is 432. The van der Waals surface area contributed by atoms with Crippen molar-refractivity contribution in [1.82, 2.24) is 15.3 Å². The van der Waals surface area contributed by atoms with Crippen molar-refractivity contribution in [2.24, 2.45) is 5.92 Å². The van der Waals surface area contributed by atoms with Crippen LogP contribution < -0.4 is 5.32 Å². The maximum atomic E-state index is 5.47. The first-order valence-corrected chi connectivity index (χ1v) is 7.88. The molecule has 1 heterocycles. The summed E-state index contributed by atoms with van der Waals surface area (Å²) in [7, 11) is 1.70. The fourth-order valence-corrected chi connectivity index (χ4v) is 2.24. The van der Waals surface area contributed by atoms with E-state index < -0.39 is 5.60 Å². The van der Waals surface area contributed by atoms with E-state index in [4.69, 9.17) is 4.74 Å². The van der Waals surface area contributed by atoms with Crippen molar-refractivity contribution in [1.29, 1.82) is 0 Å². The van der Waals surface area contributed by atoms with Crippen LogP contribution in [0, 0.1) is 19.8 Å². The number of hydrogen-bond acceptors (Lipinski definition) is 4. The second kappa shape index (κ2) is 7.85. The molecule has 0 aliphatic carbocycles. The molecular weight excluding hydrogens is 262 g/mol. The minimum atomic E-state index is -0.438. The van der Waals surface area contributed by atoms with Crippen molar-refractivity contribution in [3.63, 3.8) is 0 Å². The van der Waals surface area contributed by atoms with Crippen LogP contribution in [0.15, 0.2) is 0 Å². The highest BCUT2D eigenvalue weighted by atomic mass is 16.5. The molecular formula is C17H31N3O. The van der Waals surface area contributed by atoms with Gasteiger partial charge in [0.25, 0.3) is 0 Å². The van der Waals surface area contributed by atoms with Crippen molar-refractivity contribution in [3.05, 3.63) is 22.8 Å². The molecule has 0 unspecified atom stereocenters. The van der Waals surface area contributed by atoms with Crippen molar-refractivity contribution >= 4 is 0 Å². The number of nitrogens with one attached hydrogen (secondary N) is 1. The summed E-state index contributed by atoms with van der Waals surface area (Å²) in [5, 5.41) is 3.48. The Morgan fingerprint density at radius 3 is 2.19 bits per heavy atom. The van der Waals surface area contributed by atoms with Crippen LogP contribution in [-0.4, -0.2) is 30.2 Å². The standard InChI is InChI=1S/C17H31N3O/c1-12(2)11-18-10-8-9-15-13(3)19-16(20-14(15)4)17(5,6)21-7/h12,18H,8-11H2,1-7H3. The molecule has 4 heteroatoms. The largest absolute Gasteiger partial charge is 0.371 e. The maximum Gasteiger partial charge on any atom is 0.160 e. The molecule has 0 saturated heterocycles. The lowest BCUT2D eigenvalue weighted by molar-refractivity contribution is 0.0111. The molecule has 0 aliphatic heterocycles. The van der Waals surface area contributed by atoms with Crippen LogP contribution in [0.2, 0.25) is 0 Å². The van der Waals surface area contributed by atoms with E-state index in [9.17, 15) is 0 Å². The summed E-state index contributed by atoms with van der Waals surface area (Å²) < 4.78 is 5.47. The lowest BCUT2D eigenvalue weighted by Gasteiger charge is -2.23. The van der Waals surface area contributed by atoms with E-state index in [1.807, 2.05) is 13.8 Å². The Kier molecular flexibility index (Phi) is 6.75. The summed E-state index contributed by atoms with van der Waals surface area (Å²) in [6.45, 7) is 14.7. The number of aryl methyl sites for hydroxylation is 2. The Labute approximate surface area is 129 Å². The lowest BCUT2D eigenvalue weighted by atomic mass is 10.0. The second-order valence-electron chi connectivity index (χ2n) is 6.61. The molecule has 0 aromatic carbocycles. The minimum absolute atomic E-state index is 0.438. The number of hydrogen-bond donors (Lipinski definition) is 1. The van der Waals surface area contributed by atoms with Gasteiger partial charge in [-0.3, -0.25) is 0 Å². The molecule has 0 saturated carbocycles. The molecule has 1 aromatic heterocycles. The highest BCUT2D eigenvalue weighted by molar-refractivity contribution is 5.25. The average molecular weight is 293 g/mol. The summed E-state index contributed by atoms with van der Waals surface area (Å²) >= 11 is 0. The summed E-state index contributed by atoms with van der Waals surface area (Å²) in [6.07, 6.45) is 2.14. The van der Waals surface area contributed by atoms with Gasteiger partial charge < -0.3 is 10.1 Å². The molecule has 21 heavy (non-hydrogen) atoms. The fraction of sp³-hybridized carbons (Fsp3) is 0.765.